The van der Waals surface area contributed by atoms with Gasteiger partial charge in [-0.25, -0.2) is 14.5 Å². The summed E-state index contributed by atoms with van der Waals surface area (Å²) in [6, 6.07) is 5.88. The van der Waals surface area contributed by atoms with E-state index in [1.807, 2.05) is 56.6 Å². The molecule has 0 fully saturated rings. The van der Waals surface area contributed by atoms with Crippen LogP contribution in [0.25, 0.3) is 16.1 Å². The number of aromatic nitrogens is 3. The van der Waals surface area contributed by atoms with Crippen LogP contribution in [0.1, 0.15) is 30.1 Å². The van der Waals surface area contributed by atoms with Gasteiger partial charge in [-0.15, -0.1) is 15.2 Å². The quantitative estimate of drug-likeness (QED) is 0.415. The number of nitrogens with zero attached hydrogens (tertiary/aromatic N) is 5. The third kappa shape index (κ3) is 4.05. The van der Waals surface area contributed by atoms with Crippen LogP contribution in [0, 0.1) is 13.8 Å². The molecule has 0 amide bonds. The molecule has 6 nitrogen and oxygen atoms in total. The molecule has 3 aromatic heterocycles. The lowest BCUT2D eigenvalue weighted by atomic mass is 10.2. The number of fused-ring (bicyclic) bond motifs is 1. The van der Waals surface area contributed by atoms with Crippen LogP contribution in [0.3, 0.4) is 0 Å². The Kier molecular flexibility index (Phi) is 6.65. The van der Waals surface area contributed by atoms with Gasteiger partial charge in [-0.1, -0.05) is 19.9 Å². The largest absolute Gasteiger partial charge is 0.382 e. The number of amidine groups is 1. The average molecular weight is 379 g/mol. The summed E-state index contributed by atoms with van der Waals surface area (Å²) in [7, 11) is 0. The van der Waals surface area contributed by atoms with Crippen molar-refractivity contribution in [3.05, 3.63) is 40.7 Å². The van der Waals surface area contributed by atoms with Gasteiger partial charge in [-0.05, 0) is 26.0 Å². The molecule has 0 aliphatic rings. The Bertz CT molecular complexity index is 913. The number of nitrogens with two attached hydrogens (primary N) is 1. The number of thiazole rings is 1. The molecule has 2 N–H and O–H groups in total. The normalized spacial score (nSPS) is 11.8. The number of aryl methyl sites for hydroxylation is 2. The molecule has 0 aliphatic heterocycles. The molecule has 9 heteroatoms. The van der Waals surface area contributed by atoms with E-state index in [0.29, 0.717) is 0 Å². The lowest BCUT2D eigenvalue weighted by Gasteiger charge is -1.95. The van der Waals surface area contributed by atoms with Crippen LogP contribution in [-0.4, -0.2) is 26.8 Å². The molecule has 3 heterocycles. The number of pyridine rings is 1. The van der Waals surface area contributed by atoms with E-state index >= 15 is 0 Å². The zero-order valence-electron chi connectivity index (χ0n) is 14.4. The second kappa shape index (κ2) is 8.72. The van der Waals surface area contributed by atoms with Gasteiger partial charge in [0, 0.05) is 6.20 Å². The first-order valence-electron chi connectivity index (χ1n) is 7.67. The van der Waals surface area contributed by atoms with Gasteiger partial charge in [0.15, 0.2) is 12.3 Å². The van der Waals surface area contributed by atoms with Crippen LogP contribution in [0.5, 0.6) is 0 Å². The van der Waals surface area contributed by atoms with E-state index in [1.165, 1.54) is 11.3 Å². The maximum atomic E-state index is 11.9. The van der Waals surface area contributed by atoms with Crippen LogP contribution in [0.2, 0.25) is 0 Å². The fourth-order valence-corrected chi connectivity index (χ4v) is 3.45. The van der Waals surface area contributed by atoms with Gasteiger partial charge < -0.3 is 5.73 Å². The van der Waals surface area contributed by atoms with Gasteiger partial charge >= 0.3 is 0 Å². The van der Waals surface area contributed by atoms with Gasteiger partial charge in [-0.2, -0.15) is 9.50 Å². The summed E-state index contributed by atoms with van der Waals surface area (Å²) >= 11 is 1.26. The Morgan fingerprint density at radius 2 is 2.08 bits per heavy atom. The molecule has 0 atom stereocenters. The molecular weight excluding hydrogens is 359 g/mol. The van der Waals surface area contributed by atoms with Crippen molar-refractivity contribution >= 4 is 41.4 Å². The van der Waals surface area contributed by atoms with Crippen molar-refractivity contribution in [2.75, 3.05) is 0 Å². The van der Waals surface area contributed by atoms with Gasteiger partial charge in [0.05, 0.1) is 27.3 Å². The van der Waals surface area contributed by atoms with E-state index in [-0.39, 0.29) is 18.2 Å². The Morgan fingerprint density at radius 1 is 1.32 bits per heavy atom. The highest BCUT2D eigenvalue weighted by Crippen LogP contribution is 2.33. The molecule has 3 rings (SSSR count). The van der Waals surface area contributed by atoms with E-state index in [4.69, 9.17) is 5.73 Å². The van der Waals surface area contributed by atoms with Crippen LogP contribution in [0.15, 0.2) is 33.8 Å². The third-order valence-corrected chi connectivity index (χ3v) is 4.61. The van der Waals surface area contributed by atoms with Crippen molar-refractivity contribution in [1.82, 2.24) is 14.6 Å². The van der Waals surface area contributed by atoms with Gasteiger partial charge in [0.25, 0.3) is 0 Å². The summed E-state index contributed by atoms with van der Waals surface area (Å²) < 4.78 is 17.0. The molecule has 0 saturated heterocycles. The molecule has 0 radical (unpaired) electrons. The molecule has 0 aromatic carbocycles. The van der Waals surface area contributed by atoms with Crippen molar-refractivity contribution in [3.63, 3.8) is 0 Å². The zero-order chi connectivity index (χ0) is 18.4. The van der Waals surface area contributed by atoms with Crippen molar-refractivity contribution in [3.8, 4) is 10.6 Å². The summed E-state index contributed by atoms with van der Waals surface area (Å²) in [6.07, 6.45) is 2.98. The van der Waals surface area contributed by atoms with Crippen molar-refractivity contribution in [1.29, 1.82) is 0 Å². The maximum Gasteiger partial charge on any atom is 0.188 e. The van der Waals surface area contributed by atoms with E-state index in [0.717, 1.165) is 38.7 Å². The summed E-state index contributed by atoms with van der Waals surface area (Å²) in [5.41, 5.74) is 9.55. The first-order chi connectivity index (χ1) is 12.1. The molecule has 0 aliphatic carbocycles. The predicted octanol–water partition coefficient (Wildman–Crippen LogP) is 4.37. The monoisotopic (exact) mass is 378 g/mol. The Morgan fingerprint density at radius 3 is 2.80 bits per heavy atom. The highest BCUT2D eigenvalue weighted by molar-refractivity contribution is 7.93. The smallest absolute Gasteiger partial charge is 0.188 e. The van der Waals surface area contributed by atoms with Gasteiger partial charge in [0.1, 0.15) is 17.2 Å². The predicted molar refractivity (Wildman–Crippen MR) is 105 cm³/mol. The van der Waals surface area contributed by atoms with Crippen molar-refractivity contribution < 1.29 is 3.89 Å². The molecule has 132 valence electrons. The Labute approximate surface area is 154 Å². The second-order valence-electron chi connectivity index (χ2n) is 4.73. The minimum atomic E-state index is -0.167. The fraction of sp³-hybridized carbons (Fsp3) is 0.250. The van der Waals surface area contributed by atoms with Crippen LogP contribution < -0.4 is 5.73 Å². The zero-order valence-corrected chi connectivity index (χ0v) is 16.0. The standard InChI is InChI=1S/C14H13FN6S2.C2H6/c1-8-11(10-5-3-4-6-21(10)20-8)14-19-9(2)12(22-14)13(16)17-7-18-23-15;1-2/h3-7H,1-2H3,(H2,16,17,18);1-2H3. The number of rotatable bonds is 4. The topological polar surface area (TPSA) is 80.9 Å². The number of aliphatic imine (C=N–C) groups is 1. The molecule has 0 spiro atoms. The number of hydrogen-bond acceptors (Lipinski definition) is 5. The minimum Gasteiger partial charge on any atom is -0.382 e. The third-order valence-electron chi connectivity index (χ3n) is 3.24. The van der Waals surface area contributed by atoms with Crippen molar-refractivity contribution in [2.24, 2.45) is 15.1 Å². The van der Waals surface area contributed by atoms with E-state index in [2.05, 4.69) is 19.5 Å². The molecule has 0 unspecified atom stereocenters. The molecule has 3 aromatic rings. The van der Waals surface area contributed by atoms with Gasteiger partial charge in [0.2, 0.25) is 0 Å². The van der Waals surface area contributed by atoms with Crippen LogP contribution >= 0.6 is 23.7 Å². The summed E-state index contributed by atoms with van der Waals surface area (Å²) in [4.78, 5) is 9.25. The minimum absolute atomic E-state index is 0.167. The van der Waals surface area contributed by atoms with Gasteiger partial charge in [-0.3, -0.25) is 0 Å². The SMILES string of the molecule is CC.Cc1nc(-c2c(C)nn3ccccc23)sc1C(N)=N/C=N/SF. The Hall–Kier alpha value is -2.26. The molecule has 0 saturated carbocycles. The second-order valence-corrected chi connectivity index (χ2v) is 6.08. The summed E-state index contributed by atoms with van der Waals surface area (Å²) in [5.74, 6) is 0.262. The lowest BCUT2D eigenvalue weighted by molar-refractivity contribution is 0.934. The molecule has 25 heavy (non-hydrogen) atoms. The lowest BCUT2D eigenvalue weighted by Crippen LogP contribution is -2.12. The average Bonchev–Trinajstić information content (AvgIpc) is 3.15. The number of halogens is 1. The highest BCUT2D eigenvalue weighted by atomic mass is 32.2. The van der Waals surface area contributed by atoms with Crippen LogP contribution in [0.4, 0.5) is 3.89 Å². The summed E-state index contributed by atoms with van der Waals surface area (Å²) in [6.45, 7) is 7.81. The highest BCUT2D eigenvalue weighted by Gasteiger charge is 2.18. The van der Waals surface area contributed by atoms with Crippen molar-refractivity contribution in [2.45, 2.75) is 27.7 Å². The van der Waals surface area contributed by atoms with E-state index < -0.39 is 0 Å². The van der Waals surface area contributed by atoms with E-state index in [1.54, 1.807) is 0 Å². The molecule has 0 bridgehead atoms. The fourth-order valence-electron chi connectivity index (χ4n) is 2.28. The Balaban J connectivity index is 0.00000109. The van der Waals surface area contributed by atoms with Crippen LogP contribution in [-0.2, 0) is 0 Å². The van der Waals surface area contributed by atoms with E-state index in [9.17, 15) is 3.89 Å². The maximum absolute atomic E-state index is 11.9. The molecular formula is C16H19FN6S2. The number of hydrogen-bond donors (Lipinski definition) is 1. The first kappa shape index (κ1) is 19.1. The summed E-state index contributed by atoms with van der Waals surface area (Å²) in [5, 5.41) is 5.32. The first-order valence-corrected chi connectivity index (χ1v) is 9.16.